The Morgan fingerprint density at radius 3 is 1.71 bits per heavy atom. The molecule has 0 saturated carbocycles. The van der Waals surface area contributed by atoms with Crippen LogP contribution >= 0.6 is 0 Å². The molecule has 430 valence electrons. The van der Waals surface area contributed by atoms with Crippen molar-refractivity contribution in [3.05, 3.63) is 23.7 Å². The molecule has 0 aromatic carbocycles. The van der Waals surface area contributed by atoms with Crippen LogP contribution in [-0.2, 0) is 61.8 Å². The van der Waals surface area contributed by atoms with Gasteiger partial charge in [0.05, 0.1) is 97.2 Å². The van der Waals surface area contributed by atoms with E-state index in [2.05, 4.69) is 31.9 Å². The minimum atomic E-state index is -1.84. The molecule has 0 fully saturated rings. The minimum Gasteiger partial charge on any atom is -0.479 e. The number of alkyl carbamates (subject to hydrolysis) is 2. The van der Waals surface area contributed by atoms with Crippen molar-refractivity contribution in [3.63, 3.8) is 0 Å². The lowest BCUT2D eigenvalue weighted by atomic mass is 9.87. The molecule has 2 heterocycles. The predicted molar refractivity (Wildman–Crippen MR) is 263 cm³/mol. The first-order valence-electron chi connectivity index (χ1n) is 24.0. The first-order chi connectivity index (χ1) is 36.2. The summed E-state index contributed by atoms with van der Waals surface area (Å²) < 4.78 is 49.1. The Bertz CT molecular complexity index is 2000. The van der Waals surface area contributed by atoms with Crippen molar-refractivity contribution in [3.8, 4) is 12.3 Å². The average molecular weight is 1090 g/mol. The first-order valence-corrected chi connectivity index (χ1v) is 24.0. The Hall–Kier alpha value is -6.76. The number of aliphatic hydroxyl groups excluding tert-OH is 4. The number of carboxylic acids is 2. The summed E-state index contributed by atoms with van der Waals surface area (Å²) in [6, 6.07) is -3.49. The van der Waals surface area contributed by atoms with Gasteiger partial charge in [0.2, 0.25) is 23.3 Å². The number of guanidine groups is 2. The van der Waals surface area contributed by atoms with Crippen LogP contribution in [0.25, 0.3) is 0 Å². The molecule has 0 spiro atoms. The number of amides is 4. The summed E-state index contributed by atoms with van der Waals surface area (Å²) in [5.41, 5.74) is 22.1. The second-order valence-corrected chi connectivity index (χ2v) is 16.6. The van der Waals surface area contributed by atoms with Crippen LogP contribution in [0.15, 0.2) is 33.7 Å². The van der Waals surface area contributed by atoms with Crippen LogP contribution in [0.1, 0.15) is 33.1 Å². The number of nitrogens with one attached hydrogen (secondary N) is 3. The molecule has 0 bridgehead atoms. The van der Waals surface area contributed by atoms with Crippen molar-refractivity contribution in [1.82, 2.24) is 20.9 Å². The number of carboxylic acid groups (broad SMARTS) is 2. The number of rotatable bonds is 37. The number of carbonyl (C=O) groups is 6. The highest BCUT2D eigenvalue weighted by atomic mass is 16.6. The molecule has 4 amide bonds. The maximum absolute atomic E-state index is 13.4. The van der Waals surface area contributed by atoms with Gasteiger partial charge in [0.1, 0.15) is 24.9 Å². The number of terminal acetylenes is 1. The Labute approximate surface area is 438 Å². The lowest BCUT2D eigenvalue weighted by Crippen LogP contribution is -2.61. The van der Waals surface area contributed by atoms with Crippen LogP contribution in [0.5, 0.6) is 0 Å². The zero-order chi connectivity index (χ0) is 56.6. The highest BCUT2D eigenvalue weighted by Gasteiger charge is 2.47. The quantitative estimate of drug-likeness (QED) is 0.0120. The van der Waals surface area contributed by atoms with E-state index < -0.39 is 121 Å². The SMILES string of the molecule is C#CCOCCOCCOCCOCCC(=O)N(CCCCNC(=O)O[C@@H]([C@@H]1OC(C(=O)O)=C[C@H](N=C(N)N)[C@H]1NC(C)=O)[C@H](O)CO)CCOCCNC(=O)O[C@@H]([C@@H]1OC(C(=O)O)=C[C@H](N=C(N)N)[C@H]1C)[C@H](O)CO. The first kappa shape index (κ1) is 65.4. The van der Waals surface area contributed by atoms with Gasteiger partial charge in [-0.25, -0.2) is 29.2 Å². The van der Waals surface area contributed by atoms with Crippen LogP contribution in [0.3, 0.4) is 0 Å². The monoisotopic (exact) mass is 1090 g/mol. The summed E-state index contributed by atoms with van der Waals surface area (Å²) in [6.45, 7) is 2.78. The third kappa shape index (κ3) is 24.7. The largest absolute Gasteiger partial charge is 0.479 e. The van der Waals surface area contributed by atoms with Crippen molar-refractivity contribution in [1.29, 1.82) is 0 Å². The molecule has 0 aromatic rings. The summed E-state index contributed by atoms with van der Waals surface area (Å²) >= 11 is 0. The van der Waals surface area contributed by atoms with Crippen molar-refractivity contribution in [2.45, 2.75) is 87.9 Å². The van der Waals surface area contributed by atoms with E-state index in [1.165, 1.54) is 4.90 Å². The molecule has 2 aliphatic rings. The topological polar surface area (TPSA) is 475 Å². The summed E-state index contributed by atoms with van der Waals surface area (Å²) in [5, 5.41) is 67.6. The predicted octanol–water partition coefficient (Wildman–Crippen LogP) is -5.24. The summed E-state index contributed by atoms with van der Waals surface area (Å²) in [5.74, 6) is -4.50. The zero-order valence-corrected chi connectivity index (χ0v) is 42.4. The molecule has 31 nitrogen and oxygen atoms in total. The fourth-order valence-corrected chi connectivity index (χ4v) is 7.26. The molecule has 2 aliphatic heterocycles. The van der Waals surface area contributed by atoms with Crippen molar-refractivity contribution >= 4 is 47.9 Å². The van der Waals surface area contributed by atoms with Gasteiger partial charge in [-0.05, 0) is 25.0 Å². The number of aliphatic carboxylic acids is 2. The number of aliphatic hydroxyl groups is 4. The van der Waals surface area contributed by atoms with Crippen molar-refractivity contribution in [2.24, 2.45) is 38.8 Å². The fraction of sp³-hybridized carbons (Fsp3) is 0.689. The third-order valence-electron chi connectivity index (χ3n) is 10.9. The highest BCUT2D eigenvalue weighted by Crippen LogP contribution is 2.31. The normalized spacial score (nSPS) is 20.4. The van der Waals surface area contributed by atoms with E-state index in [4.69, 9.17) is 72.0 Å². The second-order valence-electron chi connectivity index (χ2n) is 16.6. The molecule has 0 aromatic heterocycles. The zero-order valence-electron chi connectivity index (χ0n) is 42.4. The second kappa shape index (κ2) is 36.3. The summed E-state index contributed by atoms with van der Waals surface area (Å²) in [4.78, 5) is 84.7. The number of nitrogens with two attached hydrogens (primary N) is 4. The van der Waals surface area contributed by atoms with Crippen LogP contribution in [0.2, 0.25) is 0 Å². The van der Waals surface area contributed by atoms with Gasteiger partial charge >= 0.3 is 24.1 Å². The molecular weight excluding hydrogens is 1020 g/mol. The van der Waals surface area contributed by atoms with E-state index in [1.54, 1.807) is 6.92 Å². The van der Waals surface area contributed by atoms with Crippen LogP contribution in [0.4, 0.5) is 9.59 Å². The van der Waals surface area contributed by atoms with Crippen molar-refractivity contribution in [2.75, 3.05) is 105 Å². The van der Waals surface area contributed by atoms with E-state index in [0.29, 0.717) is 32.8 Å². The van der Waals surface area contributed by atoms with Gasteiger partial charge in [-0.3, -0.25) is 9.59 Å². The number of hydrogen-bond donors (Lipinski definition) is 13. The number of carbonyl (C=O) groups excluding carboxylic acids is 4. The molecule has 2 rings (SSSR count). The third-order valence-corrected chi connectivity index (χ3v) is 10.9. The molecule has 10 atom stereocenters. The van der Waals surface area contributed by atoms with Crippen LogP contribution in [0, 0.1) is 18.3 Å². The Morgan fingerprint density at radius 1 is 0.697 bits per heavy atom. The minimum absolute atomic E-state index is 0.0181. The lowest BCUT2D eigenvalue weighted by molar-refractivity contribution is -0.147. The van der Waals surface area contributed by atoms with Gasteiger partial charge in [0.25, 0.3) is 0 Å². The molecule has 76 heavy (non-hydrogen) atoms. The number of aliphatic imine (C=N–C) groups is 2. The van der Waals surface area contributed by atoms with Gasteiger partial charge in [-0.2, -0.15) is 0 Å². The van der Waals surface area contributed by atoms with E-state index in [0.717, 1.165) is 19.1 Å². The summed E-state index contributed by atoms with van der Waals surface area (Å²) in [6.07, 6.45) is -4.20. The van der Waals surface area contributed by atoms with Crippen LogP contribution < -0.4 is 38.9 Å². The fourth-order valence-electron chi connectivity index (χ4n) is 7.26. The average Bonchev–Trinajstić information content (AvgIpc) is 3.36. The molecule has 0 radical (unpaired) electrons. The maximum Gasteiger partial charge on any atom is 0.407 e. The van der Waals surface area contributed by atoms with E-state index in [-0.39, 0.29) is 90.5 Å². The molecule has 0 unspecified atom stereocenters. The molecule has 0 aliphatic carbocycles. The molecular formula is C45H74N10O21. The molecule has 0 saturated heterocycles. The highest BCUT2D eigenvalue weighted by molar-refractivity contribution is 5.86. The van der Waals surface area contributed by atoms with Gasteiger partial charge in [-0.15, -0.1) is 6.42 Å². The summed E-state index contributed by atoms with van der Waals surface area (Å²) in [7, 11) is 0. The van der Waals surface area contributed by atoms with Gasteiger partial charge < -0.3 is 117 Å². The van der Waals surface area contributed by atoms with E-state index in [9.17, 15) is 59.4 Å². The Kier molecular flexibility index (Phi) is 31.2. The van der Waals surface area contributed by atoms with Gasteiger partial charge in [-0.1, -0.05) is 12.8 Å². The molecule has 17 N–H and O–H groups in total. The smallest absolute Gasteiger partial charge is 0.407 e. The van der Waals surface area contributed by atoms with Crippen LogP contribution in [-0.4, -0.2) is 244 Å². The standard InChI is InChI=1S/C45H74N10O21/c1-4-12-68-16-18-71-20-21-72-19-17-69-13-7-34(61)55(11-15-70-14-9-51-45(67)75-37(30(59)24-56)36-26(2)28(53-42(46)47)22-32(73-36)40(62)63)10-6-5-8-50-44(66)76-38(31(60)25-57)39-35(52-27(3)58)29(54-43(48)49)23-33(74-39)41(64)65/h1,22-23,26,28-31,35-39,56-57,59-60H,5-21,24-25H2,2-3H3,(H,50,66)(H,51,67)(H,52,58)(H,62,63)(H,64,65)(H4,46,47,53)(H4,48,49,54)/t26-,28+,29+,30-,31-,35-,36-,37-,38-,39-/m1/s1. The number of unbranched alkanes of at least 4 members (excludes halogenated alkanes) is 1. The number of ether oxygens (including phenoxy) is 9. The number of hydrogen-bond acceptors (Lipinski definition) is 21. The van der Waals surface area contributed by atoms with Gasteiger partial charge in [0, 0.05) is 39.0 Å². The molecule has 31 heteroatoms. The number of nitrogens with zero attached hydrogens (tertiary/aromatic N) is 3. The van der Waals surface area contributed by atoms with E-state index >= 15 is 0 Å². The van der Waals surface area contributed by atoms with Gasteiger partial charge in [0.15, 0.2) is 30.2 Å². The maximum atomic E-state index is 13.4. The Balaban J connectivity index is 2.02. The van der Waals surface area contributed by atoms with E-state index in [1.807, 2.05) is 0 Å². The van der Waals surface area contributed by atoms with Crippen molar-refractivity contribution < 1.29 is 102 Å². The lowest BCUT2D eigenvalue weighted by Gasteiger charge is -2.39. The Morgan fingerprint density at radius 2 is 1.18 bits per heavy atom.